The van der Waals surface area contributed by atoms with E-state index in [2.05, 4.69) is 0 Å². The molecular formula is C11H10F5N. The maximum atomic E-state index is 13.2. The fourth-order valence-electron chi connectivity index (χ4n) is 2.05. The van der Waals surface area contributed by atoms with E-state index in [1.165, 1.54) is 6.07 Å². The third-order valence-corrected chi connectivity index (χ3v) is 3.03. The van der Waals surface area contributed by atoms with Crippen LogP contribution >= 0.6 is 0 Å². The summed E-state index contributed by atoms with van der Waals surface area (Å²) in [4.78, 5) is 0. The fourth-order valence-corrected chi connectivity index (χ4v) is 2.05. The Morgan fingerprint density at radius 1 is 1.24 bits per heavy atom. The minimum Gasteiger partial charge on any atom is -0.330 e. The normalized spacial score (nSPS) is 26.9. The molecular weight excluding hydrogens is 241 g/mol. The molecule has 17 heavy (non-hydrogen) atoms. The van der Waals surface area contributed by atoms with Gasteiger partial charge in [-0.15, -0.1) is 0 Å². The molecule has 0 radical (unpaired) electrons. The minimum atomic E-state index is -4.52. The van der Waals surface area contributed by atoms with Gasteiger partial charge in [0.05, 0.1) is 11.5 Å². The zero-order chi connectivity index (χ0) is 12.8. The SMILES string of the molecule is NC[C@@H]1[C@@H](c2cccc(C(F)(F)F)c2)C1(F)F. The summed E-state index contributed by atoms with van der Waals surface area (Å²) < 4.78 is 63.7. The third kappa shape index (κ3) is 2.01. The second kappa shape index (κ2) is 3.66. The lowest BCUT2D eigenvalue weighted by molar-refractivity contribution is -0.137. The molecule has 2 N–H and O–H groups in total. The quantitative estimate of drug-likeness (QED) is 0.803. The molecule has 0 heterocycles. The van der Waals surface area contributed by atoms with Gasteiger partial charge in [-0.05, 0) is 11.6 Å². The van der Waals surface area contributed by atoms with E-state index in [0.717, 1.165) is 18.2 Å². The van der Waals surface area contributed by atoms with Crippen LogP contribution in [0.3, 0.4) is 0 Å². The summed E-state index contributed by atoms with van der Waals surface area (Å²) in [5.41, 5.74) is 4.25. The van der Waals surface area contributed by atoms with Gasteiger partial charge >= 0.3 is 6.18 Å². The van der Waals surface area contributed by atoms with Crippen molar-refractivity contribution in [3.8, 4) is 0 Å². The molecule has 1 nitrogen and oxygen atoms in total. The van der Waals surface area contributed by atoms with Crippen LogP contribution in [-0.4, -0.2) is 12.5 Å². The summed E-state index contributed by atoms with van der Waals surface area (Å²) in [6, 6.07) is 4.05. The van der Waals surface area contributed by atoms with Gasteiger partial charge in [0.1, 0.15) is 0 Å². The highest BCUT2D eigenvalue weighted by Crippen LogP contribution is 2.61. The molecule has 2 atom stereocenters. The molecule has 0 aliphatic heterocycles. The van der Waals surface area contributed by atoms with E-state index in [1.54, 1.807) is 0 Å². The largest absolute Gasteiger partial charge is 0.416 e. The Labute approximate surface area is 94.4 Å². The van der Waals surface area contributed by atoms with Crippen molar-refractivity contribution >= 4 is 0 Å². The van der Waals surface area contributed by atoms with Gasteiger partial charge in [0.2, 0.25) is 0 Å². The Morgan fingerprint density at radius 2 is 1.88 bits per heavy atom. The molecule has 6 heteroatoms. The molecule has 1 fully saturated rings. The Kier molecular flexibility index (Phi) is 2.65. The summed E-state index contributed by atoms with van der Waals surface area (Å²) in [6.07, 6.45) is -4.52. The lowest BCUT2D eigenvalue weighted by Gasteiger charge is -2.08. The van der Waals surface area contributed by atoms with Crippen LogP contribution in [0.25, 0.3) is 0 Å². The minimum absolute atomic E-state index is 0.000255. The molecule has 1 aliphatic rings. The van der Waals surface area contributed by atoms with Crippen molar-refractivity contribution in [3.63, 3.8) is 0 Å². The molecule has 1 aromatic rings. The van der Waals surface area contributed by atoms with Crippen molar-refractivity contribution in [1.82, 2.24) is 0 Å². The second-order valence-electron chi connectivity index (χ2n) is 4.12. The molecule has 0 amide bonds. The molecule has 0 unspecified atom stereocenters. The van der Waals surface area contributed by atoms with Gasteiger partial charge in [-0.2, -0.15) is 13.2 Å². The number of hydrogen-bond acceptors (Lipinski definition) is 1. The first-order chi connectivity index (χ1) is 7.78. The zero-order valence-electron chi connectivity index (χ0n) is 8.64. The van der Waals surface area contributed by atoms with Crippen LogP contribution in [0, 0.1) is 5.92 Å². The topological polar surface area (TPSA) is 26.0 Å². The summed E-state index contributed by atoms with van der Waals surface area (Å²) in [5.74, 6) is -5.22. The standard InChI is InChI=1S/C11H10F5N/c12-10(13)8(5-17)9(10)6-2-1-3-7(4-6)11(14,15)16/h1-4,8-9H,5,17H2/t8-,9-/m1/s1. The van der Waals surface area contributed by atoms with Crippen molar-refractivity contribution in [3.05, 3.63) is 35.4 Å². The number of alkyl halides is 5. The average Bonchev–Trinajstić information content (AvgIpc) is 2.79. The maximum Gasteiger partial charge on any atom is 0.416 e. The van der Waals surface area contributed by atoms with E-state index in [-0.39, 0.29) is 12.1 Å². The summed E-state index contributed by atoms with van der Waals surface area (Å²) >= 11 is 0. The number of nitrogens with two attached hydrogens (primary N) is 1. The molecule has 2 rings (SSSR count). The van der Waals surface area contributed by atoms with Crippen molar-refractivity contribution in [2.75, 3.05) is 6.54 Å². The van der Waals surface area contributed by atoms with E-state index < -0.39 is 29.5 Å². The van der Waals surface area contributed by atoms with Crippen LogP contribution in [-0.2, 0) is 6.18 Å². The molecule has 0 saturated heterocycles. The molecule has 0 spiro atoms. The van der Waals surface area contributed by atoms with E-state index in [9.17, 15) is 22.0 Å². The Morgan fingerprint density at radius 3 is 2.35 bits per heavy atom. The van der Waals surface area contributed by atoms with Crippen LogP contribution in [0.15, 0.2) is 24.3 Å². The Bertz CT molecular complexity index is 426. The third-order valence-electron chi connectivity index (χ3n) is 3.03. The monoisotopic (exact) mass is 251 g/mol. The van der Waals surface area contributed by atoms with Crippen LogP contribution in [0.2, 0.25) is 0 Å². The Balaban J connectivity index is 2.30. The van der Waals surface area contributed by atoms with Gasteiger partial charge < -0.3 is 5.73 Å². The van der Waals surface area contributed by atoms with E-state index in [0.29, 0.717) is 0 Å². The number of benzene rings is 1. The summed E-state index contributed by atoms with van der Waals surface area (Å²) in [7, 11) is 0. The van der Waals surface area contributed by atoms with Crippen LogP contribution < -0.4 is 5.73 Å². The number of rotatable bonds is 2. The average molecular weight is 251 g/mol. The molecule has 1 saturated carbocycles. The van der Waals surface area contributed by atoms with Crippen molar-refractivity contribution in [1.29, 1.82) is 0 Å². The van der Waals surface area contributed by atoms with Crippen LogP contribution in [0.4, 0.5) is 22.0 Å². The predicted molar refractivity (Wildman–Crippen MR) is 51.7 cm³/mol. The highest BCUT2D eigenvalue weighted by Gasteiger charge is 2.67. The predicted octanol–water partition coefficient (Wildman–Crippen LogP) is 3.01. The summed E-state index contributed by atoms with van der Waals surface area (Å²) in [6.45, 7) is -0.228. The van der Waals surface area contributed by atoms with Crippen LogP contribution in [0.1, 0.15) is 17.0 Å². The molecule has 1 aromatic carbocycles. The fraction of sp³-hybridized carbons (Fsp3) is 0.455. The van der Waals surface area contributed by atoms with Crippen molar-refractivity contribution < 1.29 is 22.0 Å². The smallest absolute Gasteiger partial charge is 0.330 e. The molecule has 0 bridgehead atoms. The molecule has 0 aromatic heterocycles. The number of halogens is 5. The van der Waals surface area contributed by atoms with Gasteiger partial charge in [-0.25, -0.2) is 8.78 Å². The first-order valence-corrected chi connectivity index (χ1v) is 5.03. The van der Waals surface area contributed by atoms with Crippen LogP contribution in [0.5, 0.6) is 0 Å². The van der Waals surface area contributed by atoms with Crippen molar-refractivity contribution in [2.24, 2.45) is 11.7 Å². The van der Waals surface area contributed by atoms with Gasteiger partial charge in [0.25, 0.3) is 5.92 Å². The van der Waals surface area contributed by atoms with E-state index in [4.69, 9.17) is 5.73 Å². The summed E-state index contributed by atoms with van der Waals surface area (Å²) in [5, 5.41) is 0. The van der Waals surface area contributed by atoms with Gasteiger partial charge in [0, 0.05) is 12.5 Å². The number of hydrogen-bond donors (Lipinski definition) is 1. The molecule has 1 aliphatic carbocycles. The second-order valence-corrected chi connectivity index (χ2v) is 4.12. The Hall–Kier alpha value is -1.17. The van der Waals surface area contributed by atoms with E-state index in [1.807, 2.05) is 0 Å². The lowest BCUT2D eigenvalue weighted by Crippen LogP contribution is -2.06. The lowest BCUT2D eigenvalue weighted by atomic mass is 10.1. The van der Waals surface area contributed by atoms with E-state index >= 15 is 0 Å². The highest BCUT2D eigenvalue weighted by molar-refractivity contribution is 5.36. The van der Waals surface area contributed by atoms with Gasteiger partial charge in [-0.1, -0.05) is 18.2 Å². The zero-order valence-corrected chi connectivity index (χ0v) is 8.64. The highest BCUT2D eigenvalue weighted by atomic mass is 19.4. The van der Waals surface area contributed by atoms with Gasteiger partial charge in [-0.3, -0.25) is 0 Å². The van der Waals surface area contributed by atoms with Crippen molar-refractivity contribution in [2.45, 2.75) is 18.0 Å². The first-order valence-electron chi connectivity index (χ1n) is 5.03. The maximum absolute atomic E-state index is 13.2. The van der Waals surface area contributed by atoms with Gasteiger partial charge in [0.15, 0.2) is 0 Å². The first kappa shape index (κ1) is 12.3. The molecule has 94 valence electrons.